The summed E-state index contributed by atoms with van der Waals surface area (Å²) in [4.78, 5) is 16.8. The van der Waals surface area contributed by atoms with Gasteiger partial charge in [-0.1, -0.05) is 24.3 Å². The van der Waals surface area contributed by atoms with Crippen LogP contribution in [0.1, 0.15) is 28.9 Å². The lowest BCUT2D eigenvalue weighted by Gasteiger charge is -2.16. The molecule has 2 heterocycles. The van der Waals surface area contributed by atoms with Crippen LogP contribution in [-0.4, -0.2) is 35.7 Å². The summed E-state index contributed by atoms with van der Waals surface area (Å²) >= 11 is 0. The number of nitrogens with one attached hydrogen (secondary N) is 1. The number of amides is 1. The lowest BCUT2D eigenvalue weighted by Crippen LogP contribution is -2.27. The van der Waals surface area contributed by atoms with E-state index >= 15 is 0 Å². The molecule has 0 fully saturated rings. The Bertz CT molecular complexity index is 1020. The molecule has 0 saturated heterocycles. The number of carbonyl (C=O) groups excluding carboxylic acids is 1. The average molecular weight is 359 g/mol. The van der Waals surface area contributed by atoms with Crippen molar-refractivity contribution >= 4 is 5.91 Å². The van der Waals surface area contributed by atoms with E-state index in [1.807, 2.05) is 54.1 Å². The van der Waals surface area contributed by atoms with Gasteiger partial charge in [0.2, 0.25) is 0 Å². The van der Waals surface area contributed by atoms with E-state index in [9.17, 15) is 4.79 Å². The third-order valence-electron chi connectivity index (χ3n) is 4.29. The summed E-state index contributed by atoms with van der Waals surface area (Å²) in [5, 5.41) is 14.2. The zero-order valence-corrected chi connectivity index (χ0v) is 14.6. The second-order valence-corrected chi connectivity index (χ2v) is 6.03. The minimum absolute atomic E-state index is 0.156. The van der Waals surface area contributed by atoms with Crippen molar-refractivity contribution in [1.29, 1.82) is 0 Å². The second-order valence-electron chi connectivity index (χ2n) is 6.03. The van der Waals surface area contributed by atoms with Gasteiger partial charge >= 0.3 is 0 Å². The molecule has 2 aromatic heterocycles. The van der Waals surface area contributed by atoms with Crippen molar-refractivity contribution in [2.75, 3.05) is 0 Å². The molecular formula is C19H17N7O. The van der Waals surface area contributed by atoms with Gasteiger partial charge in [0.05, 0.1) is 23.6 Å². The van der Waals surface area contributed by atoms with Gasteiger partial charge in [-0.3, -0.25) is 4.79 Å². The predicted octanol–water partition coefficient (Wildman–Crippen LogP) is 2.34. The van der Waals surface area contributed by atoms with Gasteiger partial charge in [0.15, 0.2) is 0 Å². The van der Waals surface area contributed by atoms with Gasteiger partial charge in [0, 0.05) is 18.1 Å². The lowest BCUT2D eigenvalue weighted by atomic mass is 10.1. The molecule has 1 atom stereocenters. The van der Waals surface area contributed by atoms with E-state index in [1.54, 1.807) is 24.7 Å². The highest BCUT2D eigenvalue weighted by atomic mass is 16.1. The number of tetrazole rings is 1. The van der Waals surface area contributed by atoms with Gasteiger partial charge in [-0.15, -0.1) is 5.10 Å². The van der Waals surface area contributed by atoms with E-state index in [2.05, 4.69) is 25.8 Å². The summed E-state index contributed by atoms with van der Waals surface area (Å²) in [5.74, 6) is -0.188. The van der Waals surface area contributed by atoms with Crippen molar-refractivity contribution in [2.45, 2.75) is 13.0 Å². The predicted molar refractivity (Wildman–Crippen MR) is 98.6 cm³/mol. The number of hydrogen-bond donors (Lipinski definition) is 1. The summed E-state index contributed by atoms with van der Waals surface area (Å²) in [6.45, 7) is 1.95. The van der Waals surface area contributed by atoms with Crippen LogP contribution in [0.2, 0.25) is 0 Å². The molecule has 1 amide bonds. The van der Waals surface area contributed by atoms with Crippen molar-refractivity contribution in [3.05, 3.63) is 84.7 Å². The van der Waals surface area contributed by atoms with Gasteiger partial charge in [-0.05, 0) is 47.2 Å². The Morgan fingerprint density at radius 1 is 1.07 bits per heavy atom. The second kappa shape index (κ2) is 7.20. The van der Waals surface area contributed by atoms with E-state index in [-0.39, 0.29) is 11.9 Å². The maximum Gasteiger partial charge on any atom is 0.253 e. The van der Waals surface area contributed by atoms with Crippen LogP contribution >= 0.6 is 0 Å². The highest BCUT2D eigenvalue weighted by Gasteiger charge is 2.16. The molecule has 4 rings (SSSR count). The van der Waals surface area contributed by atoms with Gasteiger partial charge in [-0.2, -0.15) is 4.68 Å². The van der Waals surface area contributed by atoms with Crippen molar-refractivity contribution in [2.24, 2.45) is 0 Å². The molecule has 2 aromatic carbocycles. The highest BCUT2D eigenvalue weighted by Crippen LogP contribution is 2.18. The number of imidazole rings is 1. The summed E-state index contributed by atoms with van der Waals surface area (Å²) in [6, 6.07) is 15.0. The Hall–Kier alpha value is -3.81. The Labute approximate surface area is 155 Å². The fraction of sp³-hybridized carbons (Fsp3) is 0.105. The van der Waals surface area contributed by atoms with E-state index < -0.39 is 0 Å². The standard InChI is InChI=1S/C19H17N7O/c1-14(15-6-8-16(9-7-15)25-11-10-20-12-25)22-19(27)17-4-2-3-5-18(17)26-13-21-23-24-26/h2-14H,1H3,(H,22,27)/t14-/m0/s1. The fourth-order valence-corrected chi connectivity index (χ4v) is 2.84. The lowest BCUT2D eigenvalue weighted by molar-refractivity contribution is 0.0939. The van der Waals surface area contributed by atoms with Gasteiger partial charge in [0.1, 0.15) is 6.33 Å². The van der Waals surface area contributed by atoms with Crippen molar-refractivity contribution in [3.8, 4) is 11.4 Å². The number of carbonyl (C=O) groups is 1. The summed E-state index contributed by atoms with van der Waals surface area (Å²) in [5.41, 5.74) is 3.15. The molecule has 0 aliphatic rings. The zero-order chi connectivity index (χ0) is 18.6. The molecule has 8 nitrogen and oxygen atoms in total. The van der Waals surface area contributed by atoms with Crippen LogP contribution in [0.3, 0.4) is 0 Å². The molecule has 0 radical (unpaired) electrons. The average Bonchev–Trinajstić information content (AvgIpc) is 3.42. The van der Waals surface area contributed by atoms with Crippen molar-refractivity contribution < 1.29 is 4.79 Å². The monoisotopic (exact) mass is 359 g/mol. The summed E-state index contributed by atoms with van der Waals surface area (Å²) in [7, 11) is 0. The SMILES string of the molecule is C[C@H](NC(=O)c1ccccc1-n1cnnn1)c1ccc(-n2ccnc2)cc1. The maximum atomic E-state index is 12.8. The molecule has 0 aliphatic heterocycles. The van der Waals surface area contributed by atoms with Crippen LogP contribution in [0.5, 0.6) is 0 Å². The van der Waals surface area contributed by atoms with Crippen LogP contribution in [0.25, 0.3) is 11.4 Å². The first-order valence-corrected chi connectivity index (χ1v) is 8.44. The number of benzene rings is 2. The summed E-state index contributed by atoms with van der Waals surface area (Å²) in [6.07, 6.45) is 6.83. The maximum absolute atomic E-state index is 12.8. The smallest absolute Gasteiger partial charge is 0.253 e. The number of rotatable bonds is 5. The van der Waals surface area contributed by atoms with Crippen molar-refractivity contribution in [3.63, 3.8) is 0 Å². The van der Waals surface area contributed by atoms with Gasteiger partial charge in [0.25, 0.3) is 5.91 Å². The molecule has 0 spiro atoms. The first kappa shape index (κ1) is 16.6. The Balaban J connectivity index is 1.52. The van der Waals surface area contributed by atoms with E-state index in [1.165, 1.54) is 11.0 Å². The Morgan fingerprint density at radius 2 is 1.89 bits per heavy atom. The number of nitrogens with zero attached hydrogens (tertiary/aromatic N) is 6. The molecule has 0 bridgehead atoms. The molecule has 0 aliphatic carbocycles. The molecule has 27 heavy (non-hydrogen) atoms. The third kappa shape index (κ3) is 3.45. The molecule has 0 unspecified atom stereocenters. The van der Waals surface area contributed by atoms with E-state index in [0.29, 0.717) is 11.3 Å². The minimum Gasteiger partial charge on any atom is -0.345 e. The molecule has 8 heteroatoms. The fourth-order valence-electron chi connectivity index (χ4n) is 2.84. The number of para-hydroxylation sites is 1. The van der Waals surface area contributed by atoms with Crippen LogP contribution in [-0.2, 0) is 0 Å². The first-order chi connectivity index (χ1) is 13.2. The van der Waals surface area contributed by atoms with Crippen LogP contribution < -0.4 is 5.32 Å². The van der Waals surface area contributed by atoms with Crippen LogP contribution in [0.4, 0.5) is 0 Å². The highest BCUT2D eigenvalue weighted by molar-refractivity contribution is 5.97. The molecular weight excluding hydrogens is 342 g/mol. The Morgan fingerprint density at radius 3 is 2.59 bits per heavy atom. The largest absolute Gasteiger partial charge is 0.345 e. The topological polar surface area (TPSA) is 90.5 Å². The minimum atomic E-state index is -0.188. The third-order valence-corrected chi connectivity index (χ3v) is 4.29. The zero-order valence-electron chi connectivity index (χ0n) is 14.6. The molecule has 134 valence electrons. The molecule has 0 saturated carbocycles. The normalized spacial score (nSPS) is 11.9. The number of aromatic nitrogens is 6. The first-order valence-electron chi connectivity index (χ1n) is 8.44. The molecule has 1 N–H and O–H groups in total. The quantitative estimate of drug-likeness (QED) is 0.591. The summed E-state index contributed by atoms with van der Waals surface area (Å²) < 4.78 is 3.40. The van der Waals surface area contributed by atoms with Gasteiger partial charge < -0.3 is 9.88 Å². The van der Waals surface area contributed by atoms with E-state index in [4.69, 9.17) is 0 Å². The van der Waals surface area contributed by atoms with Crippen LogP contribution in [0, 0.1) is 0 Å². The Kier molecular flexibility index (Phi) is 4.44. The van der Waals surface area contributed by atoms with E-state index in [0.717, 1.165) is 11.3 Å². The van der Waals surface area contributed by atoms with Crippen LogP contribution in [0.15, 0.2) is 73.6 Å². The van der Waals surface area contributed by atoms with Crippen molar-refractivity contribution in [1.82, 2.24) is 35.1 Å². The molecule has 4 aromatic rings. The number of hydrogen-bond acceptors (Lipinski definition) is 5. The van der Waals surface area contributed by atoms with Gasteiger partial charge in [-0.25, -0.2) is 4.98 Å².